The Morgan fingerprint density at radius 3 is 2.68 bits per heavy atom. The molecule has 1 fully saturated rings. The first-order chi connectivity index (χ1) is 8.78. The summed E-state index contributed by atoms with van der Waals surface area (Å²) in [5, 5.41) is 5.62. The van der Waals surface area contributed by atoms with E-state index in [1.54, 1.807) is 0 Å². The molecule has 1 heterocycles. The molecule has 2 amide bonds. The van der Waals surface area contributed by atoms with Crippen LogP contribution in [0.1, 0.15) is 13.8 Å². The molecule has 2 N–H and O–H groups in total. The minimum atomic E-state index is -0.828. The average molecular weight is 285 g/mol. The van der Waals surface area contributed by atoms with Gasteiger partial charge in [-0.2, -0.15) is 0 Å². The molecule has 4 nitrogen and oxygen atoms in total. The number of hydrogen-bond acceptors (Lipinski definition) is 2. The lowest BCUT2D eigenvalue weighted by atomic mass is 10.1. The fraction of sp³-hybridized carbons (Fsp3) is 0.333. The van der Waals surface area contributed by atoms with Crippen molar-refractivity contribution in [3.63, 3.8) is 0 Å². The Balaban J connectivity index is 2.12. The van der Waals surface area contributed by atoms with Gasteiger partial charge in [-0.3, -0.25) is 4.90 Å². The molecule has 0 aromatic heterocycles. The molecule has 1 aliphatic rings. The number of amides is 2. The smallest absolute Gasteiger partial charge is 0.328 e. The molecule has 0 bridgehead atoms. The highest BCUT2D eigenvalue weighted by atomic mass is 32.1. The van der Waals surface area contributed by atoms with Gasteiger partial charge in [-0.05, 0) is 38.2 Å². The van der Waals surface area contributed by atoms with E-state index >= 15 is 0 Å². The Morgan fingerprint density at radius 2 is 2.16 bits per heavy atom. The first-order valence-corrected chi connectivity index (χ1v) is 6.05. The van der Waals surface area contributed by atoms with Crippen LogP contribution in [-0.4, -0.2) is 28.1 Å². The van der Waals surface area contributed by atoms with E-state index in [9.17, 15) is 13.6 Å². The van der Waals surface area contributed by atoms with E-state index < -0.39 is 17.7 Å². The molecule has 0 saturated carbocycles. The molecule has 0 unspecified atom stereocenters. The second-order valence-corrected chi connectivity index (χ2v) is 5.34. The van der Waals surface area contributed by atoms with Crippen LogP contribution in [0, 0.1) is 11.6 Å². The van der Waals surface area contributed by atoms with Crippen molar-refractivity contribution < 1.29 is 13.6 Å². The molecule has 0 spiro atoms. The number of thiocarbonyl (C=S) groups is 1. The second-order valence-electron chi connectivity index (χ2n) is 4.95. The van der Waals surface area contributed by atoms with Crippen molar-refractivity contribution in [2.75, 3.05) is 11.9 Å². The minimum absolute atomic E-state index is 0.0843. The predicted octanol–water partition coefficient (Wildman–Crippen LogP) is 2.47. The molecule has 2 rings (SSSR count). The third-order valence-corrected chi connectivity index (χ3v) is 2.98. The number of hydrogen-bond donors (Lipinski definition) is 2. The van der Waals surface area contributed by atoms with Gasteiger partial charge in [-0.25, -0.2) is 13.6 Å². The fourth-order valence-electron chi connectivity index (χ4n) is 1.80. The highest BCUT2D eigenvalue weighted by Gasteiger charge is 2.35. The molecule has 1 aliphatic heterocycles. The van der Waals surface area contributed by atoms with Gasteiger partial charge >= 0.3 is 6.03 Å². The Morgan fingerprint density at radius 1 is 1.47 bits per heavy atom. The number of benzene rings is 1. The van der Waals surface area contributed by atoms with Crippen LogP contribution in [0.15, 0.2) is 18.2 Å². The van der Waals surface area contributed by atoms with E-state index in [2.05, 4.69) is 10.6 Å². The lowest BCUT2D eigenvalue weighted by molar-refractivity contribution is 0.233. The maximum absolute atomic E-state index is 13.4. The Bertz CT molecular complexity index is 548. The van der Waals surface area contributed by atoms with Gasteiger partial charge in [0, 0.05) is 6.07 Å². The van der Waals surface area contributed by atoms with Crippen molar-refractivity contribution in [1.29, 1.82) is 0 Å². The van der Waals surface area contributed by atoms with Crippen molar-refractivity contribution in [2.24, 2.45) is 0 Å². The van der Waals surface area contributed by atoms with Crippen molar-refractivity contribution >= 4 is 29.0 Å². The number of nitrogens with zero attached hydrogens (tertiary/aromatic N) is 1. The molecule has 102 valence electrons. The van der Waals surface area contributed by atoms with Crippen molar-refractivity contribution in [1.82, 2.24) is 10.2 Å². The summed E-state index contributed by atoms with van der Waals surface area (Å²) in [7, 11) is 0. The van der Waals surface area contributed by atoms with Gasteiger partial charge in [0.15, 0.2) is 5.11 Å². The third kappa shape index (κ3) is 2.98. The molecule has 7 heteroatoms. The van der Waals surface area contributed by atoms with Gasteiger partial charge in [-0.1, -0.05) is 0 Å². The zero-order chi connectivity index (χ0) is 14.2. The van der Waals surface area contributed by atoms with Crippen molar-refractivity contribution in [2.45, 2.75) is 19.4 Å². The van der Waals surface area contributed by atoms with E-state index in [4.69, 9.17) is 12.2 Å². The molecule has 1 aromatic carbocycles. The summed E-state index contributed by atoms with van der Waals surface area (Å²) in [5.41, 5.74) is -0.408. The predicted molar refractivity (Wildman–Crippen MR) is 71.9 cm³/mol. The van der Waals surface area contributed by atoms with Gasteiger partial charge in [0.25, 0.3) is 0 Å². The highest BCUT2D eigenvalue weighted by Crippen LogP contribution is 2.19. The molecular weight excluding hydrogens is 272 g/mol. The van der Waals surface area contributed by atoms with E-state index in [1.165, 1.54) is 11.0 Å². The second kappa shape index (κ2) is 4.73. The summed E-state index contributed by atoms with van der Waals surface area (Å²) in [5.74, 6) is -1.53. The fourth-order valence-corrected chi connectivity index (χ4v) is 2.22. The third-order valence-electron chi connectivity index (χ3n) is 2.66. The summed E-state index contributed by atoms with van der Waals surface area (Å²) < 4.78 is 26.2. The maximum Gasteiger partial charge on any atom is 0.328 e. The number of carbonyl (C=O) groups is 1. The number of nitrogens with one attached hydrogen (secondary N) is 2. The summed E-state index contributed by atoms with van der Waals surface area (Å²) in [4.78, 5) is 13.3. The zero-order valence-electron chi connectivity index (χ0n) is 10.5. The largest absolute Gasteiger partial charge is 0.355 e. The first-order valence-electron chi connectivity index (χ1n) is 5.64. The van der Waals surface area contributed by atoms with Crippen LogP contribution in [0.5, 0.6) is 0 Å². The quantitative estimate of drug-likeness (QED) is 0.779. The van der Waals surface area contributed by atoms with Crippen LogP contribution in [-0.2, 0) is 0 Å². The van der Waals surface area contributed by atoms with Crippen LogP contribution in [0.3, 0.4) is 0 Å². The number of urea groups is 1. The van der Waals surface area contributed by atoms with Crippen LogP contribution in [0.25, 0.3) is 0 Å². The van der Waals surface area contributed by atoms with E-state index in [0.29, 0.717) is 12.6 Å². The van der Waals surface area contributed by atoms with Crippen molar-refractivity contribution in [3.05, 3.63) is 29.8 Å². The van der Waals surface area contributed by atoms with Crippen LogP contribution in [0.2, 0.25) is 0 Å². The Hall–Kier alpha value is -1.76. The van der Waals surface area contributed by atoms with Crippen molar-refractivity contribution in [3.8, 4) is 0 Å². The van der Waals surface area contributed by atoms with Gasteiger partial charge in [0.05, 0.1) is 17.8 Å². The van der Waals surface area contributed by atoms with Gasteiger partial charge in [0.1, 0.15) is 11.6 Å². The monoisotopic (exact) mass is 285 g/mol. The van der Waals surface area contributed by atoms with Gasteiger partial charge < -0.3 is 10.6 Å². The SMILES string of the molecule is CC1(C)CN(C(=O)Nc2ccc(F)cc2F)C(=S)N1. The first kappa shape index (κ1) is 13.7. The minimum Gasteiger partial charge on any atom is -0.355 e. The summed E-state index contributed by atoms with van der Waals surface area (Å²) in [6.07, 6.45) is 0. The maximum atomic E-state index is 13.4. The lowest BCUT2D eigenvalue weighted by Crippen LogP contribution is -2.37. The van der Waals surface area contributed by atoms with Gasteiger partial charge in [0.2, 0.25) is 0 Å². The van der Waals surface area contributed by atoms with E-state index in [0.717, 1.165) is 6.07 Å². The summed E-state index contributed by atoms with van der Waals surface area (Å²) in [6, 6.07) is 2.40. The van der Waals surface area contributed by atoms with Crippen LogP contribution >= 0.6 is 12.2 Å². The lowest BCUT2D eigenvalue weighted by Gasteiger charge is -2.18. The number of carbonyl (C=O) groups excluding carboxylic acids is 1. The molecule has 1 saturated heterocycles. The van der Waals surface area contributed by atoms with Crippen LogP contribution in [0.4, 0.5) is 19.3 Å². The van der Waals surface area contributed by atoms with E-state index in [1.807, 2.05) is 13.8 Å². The normalized spacial score (nSPS) is 17.3. The molecule has 19 heavy (non-hydrogen) atoms. The number of rotatable bonds is 1. The molecule has 0 atom stereocenters. The standard InChI is InChI=1S/C12H13F2N3OS/c1-12(2)6-17(11(19)16-12)10(18)15-9-4-3-7(13)5-8(9)14/h3-5H,6H2,1-2H3,(H,15,18)(H,16,19). The van der Waals surface area contributed by atoms with Crippen LogP contribution < -0.4 is 10.6 Å². The molecular formula is C12H13F2N3OS. The molecule has 0 aliphatic carbocycles. The zero-order valence-corrected chi connectivity index (χ0v) is 11.3. The van der Waals surface area contributed by atoms with Gasteiger partial charge in [-0.15, -0.1) is 0 Å². The Labute approximate surface area is 114 Å². The highest BCUT2D eigenvalue weighted by molar-refractivity contribution is 7.80. The van der Waals surface area contributed by atoms with E-state index in [-0.39, 0.29) is 16.3 Å². The Kier molecular flexibility index (Phi) is 3.40. The average Bonchev–Trinajstić information content (AvgIpc) is 2.56. The number of anilines is 1. The number of halogens is 2. The molecule has 0 radical (unpaired) electrons. The molecule has 1 aromatic rings. The summed E-state index contributed by atoms with van der Waals surface area (Å²) >= 11 is 5.04. The summed E-state index contributed by atoms with van der Waals surface area (Å²) in [6.45, 7) is 4.16. The topological polar surface area (TPSA) is 44.4 Å².